The van der Waals surface area contributed by atoms with Gasteiger partial charge in [0.1, 0.15) is 11.6 Å². The average Bonchev–Trinajstić information content (AvgIpc) is 2.87. The molecule has 1 heterocycles. The van der Waals surface area contributed by atoms with Gasteiger partial charge in [-0.2, -0.15) is 10.4 Å². The fourth-order valence-corrected chi connectivity index (χ4v) is 2.53. The molecule has 0 spiro atoms. The highest BCUT2D eigenvalue weighted by Crippen LogP contribution is 2.33. The van der Waals surface area contributed by atoms with Crippen LogP contribution in [0.1, 0.15) is 27.0 Å². The van der Waals surface area contributed by atoms with Crippen LogP contribution in [0.2, 0.25) is 10.0 Å². The molecule has 22 heavy (non-hydrogen) atoms. The quantitative estimate of drug-likeness (QED) is 0.801. The first kappa shape index (κ1) is 16.3. The van der Waals surface area contributed by atoms with E-state index in [9.17, 15) is 4.79 Å². The lowest BCUT2D eigenvalue weighted by molar-refractivity contribution is 0.103. The predicted molar refractivity (Wildman–Crippen MR) is 83.7 cm³/mol. The second kappa shape index (κ2) is 6.39. The van der Waals surface area contributed by atoms with Crippen molar-refractivity contribution < 1.29 is 9.53 Å². The van der Waals surface area contributed by atoms with E-state index in [0.29, 0.717) is 21.2 Å². The SMILES string of the molecule is Cc1cc(C(=O)c2cnn(C)c2OCC#N)c(Cl)c(C)c1Cl. The third-order valence-electron chi connectivity index (χ3n) is 3.25. The van der Waals surface area contributed by atoms with Crippen molar-refractivity contribution in [1.82, 2.24) is 9.78 Å². The average molecular weight is 338 g/mol. The number of carbonyl (C=O) groups is 1. The fraction of sp³-hybridized carbons (Fsp3) is 0.267. The van der Waals surface area contributed by atoms with Crippen molar-refractivity contribution >= 4 is 29.0 Å². The molecule has 0 saturated heterocycles. The molecule has 2 rings (SSSR count). The molecule has 114 valence electrons. The fourth-order valence-electron chi connectivity index (χ4n) is 2.10. The van der Waals surface area contributed by atoms with E-state index in [1.165, 1.54) is 10.9 Å². The first-order chi connectivity index (χ1) is 10.4. The van der Waals surface area contributed by atoms with Crippen LogP contribution in [-0.4, -0.2) is 22.2 Å². The summed E-state index contributed by atoms with van der Waals surface area (Å²) in [6.07, 6.45) is 1.39. The Labute approximate surface area is 138 Å². The van der Waals surface area contributed by atoms with Gasteiger partial charge in [0.15, 0.2) is 6.61 Å². The number of nitriles is 1. The number of halogens is 2. The number of rotatable bonds is 4. The van der Waals surface area contributed by atoms with Crippen LogP contribution in [0.3, 0.4) is 0 Å². The van der Waals surface area contributed by atoms with E-state index >= 15 is 0 Å². The number of hydrogen-bond donors (Lipinski definition) is 0. The molecule has 0 aliphatic carbocycles. The maximum atomic E-state index is 12.7. The highest BCUT2D eigenvalue weighted by Gasteiger charge is 2.23. The van der Waals surface area contributed by atoms with Gasteiger partial charge < -0.3 is 4.74 Å². The number of nitrogens with zero attached hydrogens (tertiary/aromatic N) is 3. The highest BCUT2D eigenvalue weighted by molar-refractivity contribution is 6.39. The maximum Gasteiger partial charge on any atom is 0.224 e. The minimum Gasteiger partial charge on any atom is -0.462 e. The molecule has 0 N–H and O–H groups in total. The summed E-state index contributed by atoms with van der Waals surface area (Å²) in [5.41, 5.74) is 1.99. The summed E-state index contributed by atoms with van der Waals surface area (Å²) in [6.45, 7) is 3.38. The Morgan fingerprint density at radius 3 is 2.68 bits per heavy atom. The van der Waals surface area contributed by atoms with E-state index in [0.717, 1.165) is 5.56 Å². The van der Waals surface area contributed by atoms with Crippen LogP contribution in [0.15, 0.2) is 12.3 Å². The van der Waals surface area contributed by atoms with Gasteiger partial charge in [-0.25, -0.2) is 4.68 Å². The molecule has 5 nitrogen and oxygen atoms in total. The van der Waals surface area contributed by atoms with Crippen LogP contribution in [0.5, 0.6) is 5.88 Å². The van der Waals surface area contributed by atoms with Crippen molar-refractivity contribution in [3.63, 3.8) is 0 Å². The Morgan fingerprint density at radius 1 is 1.36 bits per heavy atom. The monoisotopic (exact) mass is 337 g/mol. The smallest absolute Gasteiger partial charge is 0.224 e. The van der Waals surface area contributed by atoms with Crippen molar-refractivity contribution in [2.24, 2.45) is 7.05 Å². The topological polar surface area (TPSA) is 67.9 Å². The molecule has 0 radical (unpaired) electrons. The molecule has 1 aromatic carbocycles. The largest absolute Gasteiger partial charge is 0.462 e. The van der Waals surface area contributed by atoms with Gasteiger partial charge >= 0.3 is 0 Å². The number of aryl methyl sites for hydroxylation is 2. The van der Waals surface area contributed by atoms with Crippen LogP contribution in [0, 0.1) is 25.2 Å². The molecule has 1 aromatic heterocycles. The maximum absolute atomic E-state index is 12.7. The number of ether oxygens (including phenoxy) is 1. The number of aromatic nitrogens is 2. The minimum atomic E-state index is -0.325. The molecule has 0 aliphatic heterocycles. The van der Waals surface area contributed by atoms with Gasteiger partial charge in [0.2, 0.25) is 11.7 Å². The third-order valence-corrected chi connectivity index (χ3v) is 4.32. The summed E-state index contributed by atoms with van der Waals surface area (Å²) in [4.78, 5) is 12.7. The summed E-state index contributed by atoms with van der Waals surface area (Å²) < 4.78 is 6.67. The number of hydrogen-bond acceptors (Lipinski definition) is 4. The van der Waals surface area contributed by atoms with E-state index in [4.69, 9.17) is 33.2 Å². The summed E-state index contributed by atoms with van der Waals surface area (Å²) in [5.74, 6) is -0.0956. The molecule has 0 aliphatic rings. The summed E-state index contributed by atoms with van der Waals surface area (Å²) >= 11 is 12.4. The van der Waals surface area contributed by atoms with Gasteiger partial charge in [0, 0.05) is 17.6 Å². The first-order valence-corrected chi connectivity index (χ1v) is 7.15. The Morgan fingerprint density at radius 2 is 2.05 bits per heavy atom. The van der Waals surface area contributed by atoms with Crippen molar-refractivity contribution in [3.8, 4) is 11.9 Å². The van der Waals surface area contributed by atoms with Gasteiger partial charge in [-0.1, -0.05) is 23.2 Å². The van der Waals surface area contributed by atoms with Crippen LogP contribution in [0.4, 0.5) is 0 Å². The van der Waals surface area contributed by atoms with Crippen molar-refractivity contribution in [1.29, 1.82) is 5.26 Å². The van der Waals surface area contributed by atoms with Gasteiger partial charge in [0.05, 0.1) is 11.2 Å². The Bertz CT molecular complexity index is 791. The van der Waals surface area contributed by atoms with E-state index in [1.807, 2.05) is 6.07 Å². The molecule has 2 aromatic rings. The Balaban J connectivity index is 2.53. The zero-order valence-electron chi connectivity index (χ0n) is 12.3. The van der Waals surface area contributed by atoms with Crippen molar-refractivity contribution in [2.45, 2.75) is 13.8 Å². The lowest BCUT2D eigenvalue weighted by Crippen LogP contribution is -2.08. The second-order valence-corrected chi connectivity index (χ2v) is 5.51. The van der Waals surface area contributed by atoms with Crippen LogP contribution in [-0.2, 0) is 7.05 Å². The van der Waals surface area contributed by atoms with Gasteiger partial charge in [-0.15, -0.1) is 0 Å². The number of carbonyl (C=O) groups excluding carboxylic acids is 1. The van der Waals surface area contributed by atoms with Crippen molar-refractivity contribution in [2.75, 3.05) is 6.61 Å². The molecule has 0 bridgehead atoms. The normalized spacial score (nSPS) is 10.4. The number of ketones is 1. The molecule has 0 saturated carbocycles. The zero-order valence-corrected chi connectivity index (χ0v) is 13.8. The molecule has 7 heteroatoms. The van der Waals surface area contributed by atoms with E-state index in [-0.39, 0.29) is 23.8 Å². The lowest BCUT2D eigenvalue weighted by atomic mass is 10.0. The predicted octanol–water partition coefficient (Wildman–Crippen LogP) is 3.48. The van der Waals surface area contributed by atoms with E-state index in [2.05, 4.69) is 5.10 Å². The molecular formula is C15H13Cl2N3O2. The van der Waals surface area contributed by atoms with Gasteiger partial charge in [-0.05, 0) is 31.0 Å². The molecule has 0 atom stereocenters. The third kappa shape index (κ3) is 2.80. The van der Waals surface area contributed by atoms with Crippen LogP contribution < -0.4 is 4.74 Å². The van der Waals surface area contributed by atoms with Crippen LogP contribution >= 0.6 is 23.2 Å². The number of benzene rings is 1. The van der Waals surface area contributed by atoms with Crippen molar-refractivity contribution in [3.05, 3.63) is 44.6 Å². The summed E-state index contributed by atoms with van der Waals surface area (Å²) in [7, 11) is 1.63. The van der Waals surface area contributed by atoms with E-state index in [1.54, 1.807) is 27.0 Å². The molecule has 0 fully saturated rings. The summed E-state index contributed by atoms with van der Waals surface area (Å²) in [6, 6.07) is 3.50. The van der Waals surface area contributed by atoms with Crippen LogP contribution in [0.25, 0.3) is 0 Å². The standard InChI is InChI=1S/C15H13Cl2N3O2/c1-8-6-10(13(17)9(2)12(8)16)14(21)11-7-19-20(3)15(11)22-5-4-18/h6-7H,5H2,1-3H3. The molecular weight excluding hydrogens is 325 g/mol. The Hall–Kier alpha value is -2.03. The van der Waals surface area contributed by atoms with Gasteiger partial charge in [-0.3, -0.25) is 4.79 Å². The first-order valence-electron chi connectivity index (χ1n) is 6.40. The van der Waals surface area contributed by atoms with E-state index < -0.39 is 0 Å². The Kier molecular flexibility index (Phi) is 4.74. The molecule has 0 unspecified atom stereocenters. The second-order valence-electron chi connectivity index (χ2n) is 4.76. The highest BCUT2D eigenvalue weighted by atomic mass is 35.5. The minimum absolute atomic E-state index is 0.174. The molecule has 0 amide bonds. The summed E-state index contributed by atoms with van der Waals surface area (Å²) in [5, 5.41) is 13.5. The lowest BCUT2D eigenvalue weighted by Gasteiger charge is -2.11. The zero-order chi connectivity index (χ0) is 16.4. The van der Waals surface area contributed by atoms with Gasteiger partial charge in [0.25, 0.3) is 0 Å².